The molecule has 6 heteroatoms. The van der Waals surface area contributed by atoms with Gasteiger partial charge >= 0.3 is 0 Å². The molecule has 0 aromatic heterocycles. The third-order valence-corrected chi connectivity index (χ3v) is 6.63. The highest BCUT2D eigenvalue weighted by atomic mass is 19.1. The van der Waals surface area contributed by atoms with Crippen molar-refractivity contribution in [3.63, 3.8) is 0 Å². The first kappa shape index (κ1) is 22.5. The summed E-state index contributed by atoms with van der Waals surface area (Å²) in [5, 5.41) is 0. The summed E-state index contributed by atoms with van der Waals surface area (Å²) in [6, 6.07) is 14.8. The van der Waals surface area contributed by atoms with Crippen molar-refractivity contribution in [1.82, 2.24) is 9.80 Å². The topological polar surface area (TPSA) is 49.9 Å². The second-order valence-corrected chi connectivity index (χ2v) is 8.79. The molecule has 170 valence electrons. The molecule has 2 amide bonds. The molecular weight excluding hydrogens is 407 g/mol. The Kier molecular flexibility index (Phi) is 7.20. The number of piperidine rings is 1. The first-order valence-corrected chi connectivity index (χ1v) is 11.5. The van der Waals surface area contributed by atoms with Gasteiger partial charge in [0.05, 0.1) is 6.42 Å². The van der Waals surface area contributed by atoms with Crippen molar-refractivity contribution < 1.29 is 18.7 Å². The van der Waals surface area contributed by atoms with Gasteiger partial charge < -0.3 is 14.5 Å². The Hall–Kier alpha value is -2.73. The van der Waals surface area contributed by atoms with Gasteiger partial charge in [-0.3, -0.25) is 9.59 Å². The summed E-state index contributed by atoms with van der Waals surface area (Å²) < 4.78 is 19.5. The van der Waals surface area contributed by atoms with Crippen molar-refractivity contribution in [1.29, 1.82) is 0 Å². The van der Waals surface area contributed by atoms with Crippen molar-refractivity contribution >= 4 is 11.8 Å². The Morgan fingerprint density at radius 2 is 1.66 bits per heavy atom. The van der Waals surface area contributed by atoms with Gasteiger partial charge in [0, 0.05) is 44.0 Å². The second kappa shape index (κ2) is 10.3. The van der Waals surface area contributed by atoms with E-state index in [9.17, 15) is 14.0 Å². The number of nitrogens with zero attached hydrogens (tertiary/aromatic N) is 2. The van der Waals surface area contributed by atoms with Gasteiger partial charge in [-0.1, -0.05) is 36.4 Å². The predicted octanol–water partition coefficient (Wildman–Crippen LogP) is 3.99. The van der Waals surface area contributed by atoms with Gasteiger partial charge in [-0.2, -0.15) is 0 Å². The van der Waals surface area contributed by atoms with Gasteiger partial charge in [-0.25, -0.2) is 4.39 Å². The van der Waals surface area contributed by atoms with Crippen LogP contribution in [0.4, 0.5) is 4.39 Å². The van der Waals surface area contributed by atoms with E-state index in [1.165, 1.54) is 6.07 Å². The maximum atomic E-state index is 13.9. The van der Waals surface area contributed by atoms with Crippen LogP contribution in [0.3, 0.4) is 0 Å². The number of amides is 2. The molecule has 2 aromatic rings. The molecule has 2 saturated heterocycles. The first-order valence-electron chi connectivity index (χ1n) is 11.5. The minimum absolute atomic E-state index is 0.105. The lowest BCUT2D eigenvalue weighted by Gasteiger charge is -2.43. The fourth-order valence-corrected chi connectivity index (χ4v) is 4.79. The van der Waals surface area contributed by atoms with Gasteiger partial charge in [0.2, 0.25) is 5.91 Å². The summed E-state index contributed by atoms with van der Waals surface area (Å²) in [6.07, 6.45) is 3.56. The first-order chi connectivity index (χ1) is 15.5. The van der Waals surface area contributed by atoms with E-state index in [-0.39, 0.29) is 29.7 Å². The number of benzene rings is 2. The summed E-state index contributed by atoms with van der Waals surface area (Å²) in [5.74, 6) is -0.355. The van der Waals surface area contributed by atoms with E-state index in [4.69, 9.17) is 4.74 Å². The standard InChI is InChI=1S/C26H31FN2O3/c1-19-7-8-21(18-24(19)27)26(31)28-13-9-22(10-14-28)29(23-11-15-32-16-12-23)25(30)17-20-5-3-2-4-6-20/h2-8,18,22-23H,9-17H2,1H3. The van der Waals surface area contributed by atoms with E-state index < -0.39 is 0 Å². The van der Waals surface area contributed by atoms with Crippen LogP contribution in [0.5, 0.6) is 0 Å². The lowest BCUT2D eigenvalue weighted by Crippen LogP contribution is -2.54. The minimum atomic E-state index is -0.358. The molecule has 2 aliphatic heterocycles. The Labute approximate surface area is 189 Å². The maximum absolute atomic E-state index is 13.9. The van der Waals surface area contributed by atoms with Gasteiger partial charge in [-0.05, 0) is 55.9 Å². The van der Waals surface area contributed by atoms with Crippen LogP contribution in [-0.2, 0) is 16.0 Å². The average molecular weight is 439 g/mol. The molecule has 0 aliphatic carbocycles. The van der Waals surface area contributed by atoms with Gasteiger partial charge in [0.15, 0.2) is 0 Å². The molecule has 0 saturated carbocycles. The zero-order valence-corrected chi connectivity index (χ0v) is 18.6. The monoisotopic (exact) mass is 438 g/mol. The highest BCUT2D eigenvalue weighted by Crippen LogP contribution is 2.26. The van der Waals surface area contributed by atoms with E-state index in [1.54, 1.807) is 24.0 Å². The van der Waals surface area contributed by atoms with Crippen molar-refractivity contribution in [3.05, 3.63) is 71.0 Å². The van der Waals surface area contributed by atoms with Crippen molar-refractivity contribution in [2.24, 2.45) is 0 Å². The van der Waals surface area contributed by atoms with Crippen LogP contribution in [0.2, 0.25) is 0 Å². The number of carbonyl (C=O) groups is 2. The Balaban J connectivity index is 1.44. The third-order valence-electron chi connectivity index (χ3n) is 6.63. The molecule has 2 fully saturated rings. The molecule has 2 aliphatic rings. The quantitative estimate of drug-likeness (QED) is 0.709. The van der Waals surface area contributed by atoms with E-state index in [0.717, 1.165) is 31.2 Å². The van der Waals surface area contributed by atoms with Crippen LogP contribution in [0.1, 0.15) is 47.2 Å². The molecule has 0 spiro atoms. The number of likely N-dealkylation sites (tertiary alicyclic amines) is 1. The van der Waals surface area contributed by atoms with Crippen LogP contribution >= 0.6 is 0 Å². The number of rotatable bonds is 5. The van der Waals surface area contributed by atoms with E-state index in [2.05, 4.69) is 4.90 Å². The number of hydrogen-bond donors (Lipinski definition) is 0. The number of halogens is 1. The summed E-state index contributed by atoms with van der Waals surface area (Å²) in [4.78, 5) is 30.1. The maximum Gasteiger partial charge on any atom is 0.253 e. The van der Waals surface area contributed by atoms with Gasteiger partial charge in [0.1, 0.15) is 5.82 Å². The minimum Gasteiger partial charge on any atom is -0.381 e. The molecular formula is C26H31FN2O3. The number of carbonyl (C=O) groups excluding carboxylic acids is 2. The summed E-state index contributed by atoms with van der Waals surface area (Å²) >= 11 is 0. The number of hydrogen-bond acceptors (Lipinski definition) is 3. The molecule has 0 N–H and O–H groups in total. The van der Waals surface area contributed by atoms with E-state index in [0.29, 0.717) is 43.9 Å². The number of ether oxygens (including phenoxy) is 1. The Bertz CT molecular complexity index is 935. The Morgan fingerprint density at radius 3 is 2.31 bits per heavy atom. The summed E-state index contributed by atoms with van der Waals surface area (Å²) in [6.45, 7) is 4.17. The molecule has 32 heavy (non-hydrogen) atoms. The molecule has 5 nitrogen and oxygen atoms in total. The lowest BCUT2D eigenvalue weighted by molar-refractivity contribution is -0.139. The average Bonchev–Trinajstić information content (AvgIpc) is 2.82. The molecule has 2 heterocycles. The highest BCUT2D eigenvalue weighted by Gasteiger charge is 2.35. The normalized spacial score (nSPS) is 17.9. The third kappa shape index (κ3) is 5.18. The zero-order valence-electron chi connectivity index (χ0n) is 18.6. The molecule has 0 radical (unpaired) electrons. The molecule has 0 bridgehead atoms. The van der Waals surface area contributed by atoms with Crippen molar-refractivity contribution in [2.75, 3.05) is 26.3 Å². The summed E-state index contributed by atoms with van der Waals surface area (Å²) in [5.41, 5.74) is 1.93. The predicted molar refractivity (Wildman–Crippen MR) is 121 cm³/mol. The molecule has 2 aromatic carbocycles. The van der Waals surface area contributed by atoms with Crippen molar-refractivity contribution in [3.8, 4) is 0 Å². The van der Waals surface area contributed by atoms with E-state index in [1.807, 2.05) is 30.3 Å². The SMILES string of the molecule is Cc1ccc(C(=O)N2CCC(N(C(=O)Cc3ccccc3)C3CCOCC3)CC2)cc1F. The molecule has 0 unspecified atom stereocenters. The molecule has 4 rings (SSSR count). The van der Waals surface area contributed by atoms with Crippen LogP contribution in [-0.4, -0.2) is 60.0 Å². The van der Waals surface area contributed by atoms with Gasteiger partial charge in [-0.15, -0.1) is 0 Å². The van der Waals surface area contributed by atoms with Gasteiger partial charge in [0.25, 0.3) is 5.91 Å². The fourth-order valence-electron chi connectivity index (χ4n) is 4.79. The van der Waals surface area contributed by atoms with Crippen LogP contribution in [0.15, 0.2) is 48.5 Å². The van der Waals surface area contributed by atoms with E-state index >= 15 is 0 Å². The fraction of sp³-hybridized carbons (Fsp3) is 0.462. The second-order valence-electron chi connectivity index (χ2n) is 8.79. The zero-order chi connectivity index (χ0) is 22.5. The van der Waals surface area contributed by atoms with Crippen LogP contribution in [0.25, 0.3) is 0 Å². The van der Waals surface area contributed by atoms with Crippen LogP contribution in [0, 0.1) is 12.7 Å². The number of aryl methyl sites for hydroxylation is 1. The summed E-state index contributed by atoms with van der Waals surface area (Å²) in [7, 11) is 0. The smallest absolute Gasteiger partial charge is 0.253 e. The van der Waals surface area contributed by atoms with Crippen molar-refractivity contribution in [2.45, 2.75) is 51.1 Å². The van der Waals surface area contributed by atoms with Crippen LogP contribution < -0.4 is 0 Å². The Morgan fingerprint density at radius 1 is 1.00 bits per heavy atom. The molecule has 0 atom stereocenters. The largest absolute Gasteiger partial charge is 0.381 e. The highest BCUT2D eigenvalue weighted by molar-refractivity contribution is 5.94. The lowest BCUT2D eigenvalue weighted by atomic mass is 9.96.